The van der Waals surface area contributed by atoms with Crippen LogP contribution in [0.15, 0.2) is 60.8 Å². The van der Waals surface area contributed by atoms with Gasteiger partial charge >= 0.3 is 13.7 Å². The summed E-state index contributed by atoms with van der Waals surface area (Å²) in [7, 11) is -3.81. The Labute approximate surface area is 253 Å². The summed E-state index contributed by atoms with van der Waals surface area (Å²) in [6.07, 6.45) is 1.52. The summed E-state index contributed by atoms with van der Waals surface area (Å²) >= 11 is 0. The van der Waals surface area contributed by atoms with Gasteiger partial charge in [0.2, 0.25) is 11.8 Å². The van der Waals surface area contributed by atoms with Crippen LogP contribution in [0.1, 0.15) is 52.2 Å². The van der Waals surface area contributed by atoms with Crippen LogP contribution < -0.4 is 16.0 Å². The van der Waals surface area contributed by atoms with Crippen LogP contribution in [-0.4, -0.2) is 54.0 Å². The van der Waals surface area contributed by atoms with Crippen molar-refractivity contribution in [1.82, 2.24) is 20.9 Å². The summed E-state index contributed by atoms with van der Waals surface area (Å²) in [6, 6.07) is 14.9. The van der Waals surface area contributed by atoms with Gasteiger partial charge in [-0.3, -0.25) is 14.2 Å². The predicted octanol–water partition coefficient (Wildman–Crippen LogP) is 5.26. The highest BCUT2D eigenvalue weighted by atomic mass is 31.2. The van der Waals surface area contributed by atoms with Crippen molar-refractivity contribution in [2.75, 3.05) is 13.2 Å². The molecule has 1 aromatic heterocycles. The van der Waals surface area contributed by atoms with Gasteiger partial charge in [-0.2, -0.15) is 0 Å². The van der Waals surface area contributed by atoms with E-state index in [1.807, 2.05) is 74.6 Å². The molecule has 3 atom stereocenters. The van der Waals surface area contributed by atoms with E-state index in [0.29, 0.717) is 6.42 Å². The summed E-state index contributed by atoms with van der Waals surface area (Å²) in [5.74, 6) is -2.09. The molecule has 0 aliphatic rings. The third-order valence-corrected chi connectivity index (χ3v) is 8.99. The second-order valence-electron chi connectivity index (χ2n) is 10.6. The molecule has 0 aliphatic carbocycles. The summed E-state index contributed by atoms with van der Waals surface area (Å²) in [4.78, 5) is 42.3. The van der Waals surface area contributed by atoms with Gasteiger partial charge in [-0.25, -0.2) is 4.79 Å². The maximum atomic E-state index is 14.0. The Hall–Kier alpha value is -3.66. The minimum Gasteiger partial charge on any atom is -0.445 e. The van der Waals surface area contributed by atoms with Crippen molar-refractivity contribution in [1.29, 1.82) is 0 Å². The van der Waals surface area contributed by atoms with Crippen molar-refractivity contribution >= 4 is 36.4 Å². The first-order valence-corrected chi connectivity index (χ1v) is 16.2. The van der Waals surface area contributed by atoms with Crippen molar-refractivity contribution in [2.24, 2.45) is 5.92 Å². The lowest BCUT2D eigenvalue weighted by atomic mass is 10.0. The highest BCUT2D eigenvalue weighted by molar-refractivity contribution is 7.54. The lowest BCUT2D eigenvalue weighted by molar-refractivity contribution is -0.130. The van der Waals surface area contributed by atoms with Crippen LogP contribution in [0, 0.1) is 5.92 Å². The fourth-order valence-corrected chi connectivity index (χ4v) is 6.46. The predicted molar refractivity (Wildman–Crippen MR) is 165 cm³/mol. The number of aromatic amines is 1. The maximum absolute atomic E-state index is 14.0. The SMILES string of the molecule is CCOP(=O)(OCC)[C@H](Cc1c[nH]c2ccccc12)NC(=O)[C@H](CC(C)C)NC(=O)[C@H](C)NC(=O)OCc1ccccc1. The number of rotatable bonds is 16. The number of alkyl carbamates (subject to hydrolysis) is 1. The first-order valence-electron chi connectivity index (χ1n) is 14.6. The molecule has 2 aromatic carbocycles. The number of carbonyl (C=O) groups excluding carboxylic acids is 3. The van der Waals surface area contributed by atoms with Crippen LogP contribution in [0.25, 0.3) is 10.9 Å². The van der Waals surface area contributed by atoms with E-state index in [9.17, 15) is 18.9 Å². The first kappa shape index (κ1) is 33.8. The summed E-state index contributed by atoms with van der Waals surface area (Å²) < 4.78 is 30.4. The zero-order valence-electron chi connectivity index (χ0n) is 25.4. The third kappa shape index (κ3) is 9.95. The first-order chi connectivity index (χ1) is 20.6. The smallest absolute Gasteiger partial charge is 0.408 e. The van der Waals surface area contributed by atoms with Gasteiger partial charge in [0.05, 0.1) is 13.2 Å². The minimum atomic E-state index is -3.81. The highest BCUT2D eigenvalue weighted by Crippen LogP contribution is 2.53. The average Bonchev–Trinajstić information content (AvgIpc) is 3.38. The quantitative estimate of drug-likeness (QED) is 0.161. The Balaban J connectivity index is 1.74. The van der Waals surface area contributed by atoms with Crippen molar-refractivity contribution in [2.45, 2.75) is 71.9 Å². The lowest BCUT2D eigenvalue weighted by Crippen LogP contribution is -2.54. The summed E-state index contributed by atoms with van der Waals surface area (Å²) in [5.41, 5.74) is 2.54. The number of amides is 3. The van der Waals surface area contributed by atoms with E-state index in [1.54, 1.807) is 13.8 Å². The Morgan fingerprint density at radius 1 is 0.860 bits per heavy atom. The van der Waals surface area contributed by atoms with Gasteiger partial charge in [0.15, 0.2) is 0 Å². The lowest BCUT2D eigenvalue weighted by Gasteiger charge is -2.29. The van der Waals surface area contributed by atoms with Crippen LogP contribution in [0.3, 0.4) is 0 Å². The molecule has 3 rings (SSSR count). The number of fused-ring (bicyclic) bond motifs is 1. The summed E-state index contributed by atoms with van der Waals surface area (Å²) in [5, 5.41) is 9.03. The van der Waals surface area contributed by atoms with Gasteiger partial charge in [0.25, 0.3) is 0 Å². The molecule has 3 amide bonds. The van der Waals surface area contributed by atoms with E-state index in [0.717, 1.165) is 22.0 Å². The number of para-hydroxylation sites is 1. The maximum Gasteiger partial charge on any atom is 0.408 e. The second kappa shape index (κ2) is 16.3. The molecule has 0 unspecified atom stereocenters. The molecular weight excluding hydrogens is 571 g/mol. The fraction of sp³-hybridized carbons (Fsp3) is 0.452. The van der Waals surface area contributed by atoms with E-state index in [4.69, 9.17) is 13.8 Å². The van der Waals surface area contributed by atoms with Gasteiger partial charge in [-0.15, -0.1) is 0 Å². The van der Waals surface area contributed by atoms with Gasteiger partial charge in [0, 0.05) is 23.5 Å². The Morgan fingerprint density at radius 2 is 1.51 bits per heavy atom. The molecule has 0 spiro atoms. The zero-order valence-corrected chi connectivity index (χ0v) is 26.3. The van der Waals surface area contributed by atoms with Crippen molar-refractivity contribution in [3.63, 3.8) is 0 Å². The highest BCUT2D eigenvalue weighted by Gasteiger charge is 2.39. The fourth-order valence-electron chi connectivity index (χ4n) is 4.60. The van der Waals surface area contributed by atoms with E-state index < -0.39 is 43.4 Å². The topological polar surface area (TPSA) is 148 Å². The van der Waals surface area contributed by atoms with Gasteiger partial charge < -0.3 is 34.7 Å². The summed E-state index contributed by atoms with van der Waals surface area (Å²) in [6.45, 7) is 9.04. The molecule has 0 saturated carbocycles. The van der Waals surface area contributed by atoms with Gasteiger partial charge in [-0.1, -0.05) is 62.4 Å². The van der Waals surface area contributed by atoms with Gasteiger partial charge in [-0.05, 0) is 50.3 Å². The molecule has 4 N–H and O–H groups in total. The number of benzene rings is 2. The molecule has 12 heteroatoms. The average molecular weight is 615 g/mol. The largest absolute Gasteiger partial charge is 0.445 e. The number of carbonyl (C=O) groups is 3. The van der Waals surface area contributed by atoms with E-state index in [1.165, 1.54) is 6.92 Å². The van der Waals surface area contributed by atoms with E-state index in [2.05, 4.69) is 20.9 Å². The second-order valence-corrected chi connectivity index (χ2v) is 12.8. The normalized spacial score (nSPS) is 13.7. The van der Waals surface area contributed by atoms with Crippen molar-refractivity contribution in [3.05, 3.63) is 71.9 Å². The number of aromatic nitrogens is 1. The number of hydrogen-bond acceptors (Lipinski definition) is 7. The molecule has 0 aliphatic heterocycles. The molecule has 0 bridgehead atoms. The van der Waals surface area contributed by atoms with Crippen LogP contribution >= 0.6 is 7.60 Å². The Kier molecular flexibility index (Phi) is 12.8. The van der Waals surface area contributed by atoms with Crippen LogP contribution in [-0.2, 0) is 41.0 Å². The molecule has 3 aromatic rings. The van der Waals surface area contributed by atoms with Crippen molar-refractivity contribution in [3.8, 4) is 0 Å². The Morgan fingerprint density at radius 3 is 2.16 bits per heavy atom. The molecule has 11 nitrogen and oxygen atoms in total. The molecule has 0 fully saturated rings. The molecule has 234 valence electrons. The zero-order chi connectivity index (χ0) is 31.4. The van der Waals surface area contributed by atoms with E-state index in [-0.39, 0.29) is 32.2 Å². The molecule has 1 heterocycles. The van der Waals surface area contributed by atoms with E-state index >= 15 is 0 Å². The number of nitrogens with one attached hydrogen (secondary N) is 4. The van der Waals surface area contributed by atoms with Crippen LogP contribution in [0.4, 0.5) is 4.79 Å². The van der Waals surface area contributed by atoms with Crippen LogP contribution in [0.5, 0.6) is 0 Å². The van der Waals surface area contributed by atoms with Crippen LogP contribution in [0.2, 0.25) is 0 Å². The van der Waals surface area contributed by atoms with Gasteiger partial charge in [0.1, 0.15) is 24.5 Å². The molecule has 43 heavy (non-hydrogen) atoms. The number of ether oxygens (including phenoxy) is 1. The Bertz CT molecular complexity index is 1390. The molecule has 0 saturated heterocycles. The number of hydrogen-bond donors (Lipinski definition) is 4. The minimum absolute atomic E-state index is 0.0350. The monoisotopic (exact) mass is 614 g/mol. The number of H-pyrrole nitrogens is 1. The molecular formula is C31H43N4O7P. The molecule has 0 radical (unpaired) electrons. The van der Waals surface area contributed by atoms with Crippen molar-refractivity contribution < 1.29 is 32.7 Å². The third-order valence-electron chi connectivity index (χ3n) is 6.68. The standard InChI is InChI=1S/C31H43N4O7P/c1-6-41-43(39,42-7-2)28(18-24-19-32-26-16-12-11-15-25(24)26)35-30(37)27(17-21(3)4)34-29(36)22(5)33-31(38)40-20-23-13-9-8-10-14-23/h8-16,19,21-22,27-28,32H,6-7,17-18,20H2,1-5H3,(H,33,38)(H,34,36)(H,35,37)/t22-,27-,28+/m0/s1.